The zero-order valence-corrected chi connectivity index (χ0v) is 13.4. The van der Waals surface area contributed by atoms with Gasteiger partial charge in [0.25, 0.3) is 0 Å². The summed E-state index contributed by atoms with van der Waals surface area (Å²) in [4.78, 5) is 0. The first-order valence-electron chi connectivity index (χ1n) is 6.54. The van der Waals surface area contributed by atoms with Crippen LogP contribution in [-0.4, -0.2) is 7.05 Å². The van der Waals surface area contributed by atoms with Crippen molar-refractivity contribution in [2.75, 3.05) is 7.05 Å². The Kier molecular flexibility index (Phi) is 5.31. The molecule has 2 aromatic carbocycles. The second-order valence-electron chi connectivity index (χ2n) is 4.72. The number of hydrogen-bond donors (Lipinski definition) is 1. The van der Waals surface area contributed by atoms with Gasteiger partial charge in [0.2, 0.25) is 0 Å². The molecule has 0 amide bonds. The lowest BCUT2D eigenvalue weighted by Gasteiger charge is -2.17. The Hall–Kier alpha value is -1.46. The normalized spacial score (nSPS) is 12.2. The van der Waals surface area contributed by atoms with E-state index in [0.717, 1.165) is 28.2 Å². The summed E-state index contributed by atoms with van der Waals surface area (Å²) in [5, 5.41) is 3.13. The highest BCUT2D eigenvalue weighted by Gasteiger charge is 2.12. The molecule has 2 aromatic rings. The van der Waals surface area contributed by atoms with Crippen molar-refractivity contribution in [1.29, 1.82) is 0 Å². The fraction of sp³-hybridized carbons (Fsp3) is 0.250. The average Bonchev–Trinajstić information content (AvgIpc) is 2.47. The van der Waals surface area contributed by atoms with E-state index in [1.807, 2.05) is 32.2 Å². The fourth-order valence-electron chi connectivity index (χ4n) is 1.96. The van der Waals surface area contributed by atoms with E-state index in [9.17, 15) is 8.78 Å². The van der Waals surface area contributed by atoms with Gasteiger partial charge in [-0.05, 0) is 44.3 Å². The lowest BCUT2D eigenvalue weighted by molar-refractivity contribution is 0.293. The van der Waals surface area contributed by atoms with Gasteiger partial charge < -0.3 is 10.1 Å². The SMILES string of the molecule is CNC(C)c1ccc(Br)cc1OCc1cc(F)ccc1F. The molecule has 5 heteroatoms. The van der Waals surface area contributed by atoms with Gasteiger partial charge in [-0.15, -0.1) is 0 Å². The minimum absolute atomic E-state index is 0.0243. The van der Waals surface area contributed by atoms with Crippen LogP contribution in [0.5, 0.6) is 5.75 Å². The summed E-state index contributed by atoms with van der Waals surface area (Å²) in [7, 11) is 1.85. The summed E-state index contributed by atoms with van der Waals surface area (Å²) < 4.78 is 33.3. The van der Waals surface area contributed by atoms with Crippen LogP contribution in [0.4, 0.5) is 8.78 Å². The number of halogens is 3. The van der Waals surface area contributed by atoms with Crippen LogP contribution in [-0.2, 0) is 6.61 Å². The highest BCUT2D eigenvalue weighted by molar-refractivity contribution is 9.10. The van der Waals surface area contributed by atoms with Crippen molar-refractivity contribution in [2.24, 2.45) is 0 Å². The summed E-state index contributed by atoms with van der Waals surface area (Å²) >= 11 is 3.39. The molecule has 1 unspecified atom stereocenters. The summed E-state index contributed by atoms with van der Waals surface area (Å²) in [6.45, 7) is 1.97. The minimum atomic E-state index is -0.479. The van der Waals surface area contributed by atoms with Crippen LogP contribution >= 0.6 is 15.9 Å². The van der Waals surface area contributed by atoms with E-state index in [-0.39, 0.29) is 18.2 Å². The molecule has 2 nitrogen and oxygen atoms in total. The third-order valence-electron chi connectivity index (χ3n) is 3.27. The van der Waals surface area contributed by atoms with Gasteiger partial charge in [-0.3, -0.25) is 0 Å². The maximum absolute atomic E-state index is 13.6. The van der Waals surface area contributed by atoms with E-state index in [1.165, 1.54) is 0 Å². The number of nitrogens with one attached hydrogen (secondary N) is 1. The molecule has 21 heavy (non-hydrogen) atoms. The van der Waals surface area contributed by atoms with Crippen LogP contribution < -0.4 is 10.1 Å². The van der Waals surface area contributed by atoms with E-state index in [2.05, 4.69) is 21.2 Å². The largest absolute Gasteiger partial charge is 0.488 e. The van der Waals surface area contributed by atoms with Crippen LogP contribution in [0.25, 0.3) is 0 Å². The van der Waals surface area contributed by atoms with Gasteiger partial charge in [-0.25, -0.2) is 8.78 Å². The van der Waals surface area contributed by atoms with Crippen LogP contribution in [0.3, 0.4) is 0 Å². The van der Waals surface area contributed by atoms with Gasteiger partial charge in [-0.2, -0.15) is 0 Å². The first kappa shape index (κ1) is 15.9. The van der Waals surface area contributed by atoms with Crippen LogP contribution in [0.2, 0.25) is 0 Å². The molecular formula is C16H16BrF2NO. The zero-order chi connectivity index (χ0) is 15.4. The maximum Gasteiger partial charge on any atom is 0.130 e. The molecule has 0 saturated heterocycles. The van der Waals surface area contributed by atoms with Crippen LogP contribution in [0, 0.1) is 11.6 Å². The predicted octanol–water partition coefficient (Wildman–Crippen LogP) is 4.59. The molecule has 0 aliphatic rings. The molecule has 2 rings (SSSR count). The van der Waals surface area contributed by atoms with E-state index in [4.69, 9.17) is 4.74 Å². The van der Waals surface area contributed by atoms with Crippen molar-refractivity contribution in [3.63, 3.8) is 0 Å². The van der Waals surface area contributed by atoms with Crippen molar-refractivity contribution in [3.8, 4) is 5.75 Å². The monoisotopic (exact) mass is 355 g/mol. The summed E-state index contributed by atoms with van der Waals surface area (Å²) in [6, 6.07) is 9.10. The molecular weight excluding hydrogens is 340 g/mol. The molecule has 0 heterocycles. The molecule has 0 fully saturated rings. The van der Waals surface area contributed by atoms with Gasteiger partial charge in [0, 0.05) is 21.6 Å². The molecule has 0 aliphatic carbocycles. The van der Waals surface area contributed by atoms with Gasteiger partial charge in [0.15, 0.2) is 0 Å². The van der Waals surface area contributed by atoms with Crippen molar-refractivity contribution >= 4 is 15.9 Å². The summed E-state index contributed by atoms with van der Waals surface area (Å²) in [5.41, 5.74) is 1.15. The molecule has 112 valence electrons. The third-order valence-corrected chi connectivity index (χ3v) is 3.76. The zero-order valence-electron chi connectivity index (χ0n) is 11.8. The molecule has 0 aliphatic heterocycles. The van der Waals surface area contributed by atoms with E-state index in [0.29, 0.717) is 5.75 Å². The number of rotatable bonds is 5. The lowest BCUT2D eigenvalue weighted by Crippen LogP contribution is -2.14. The van der Waals surface area contributed by atoms with Crippen molar-refractivity contribution in [1.82, 2.24) is 5.32 Å². The Morgan fingerprint density at radius 1 is 1.19 bits per heavy atom. The van der Waals surface area contributed by atoms with Crippen molar-refractivity contribution in [2.45, 2.75) is 19.6 Å². The Morgan fingerprint density at radius 3 is 2.67 bits per heavy atom. The number of hydrogen-bond acceptors (Lipinski definition) is 2. The summed E-state index contributed by atoms with van der Waals surface area (Å²) in [6.07, 6.45) is 0. The lowest BCUT2D eigenvalue weighted by atomic mass is 10.1. The van der Waals surface area contributed by atoms with Gasteiger partial charge in [0.05, 0.1) is 0 Å². The predicted molar refractivity (Wildman–Crippen MR) is 82.3 cm³/mol. The summed E-state index contributed by atoms with van der Waals surface area (Å²) in [5.74, 6) is -0.322. The van der Waals surface area contributed by atoms with E-state index < -0.39 is 11.6 Å². The molecule has 1 atom stereocenters. The van der Waals surface area contributed by atoms with Gasteiger partial charge in [0.1, 0.15) is 24.0 Å². The van der Waals surface area contributed by atoms with E-state index >= 15 is 0 Å². The second kappa shape index (κ2) is 7.00. The maximum atomic E-state index is 13.6. The van der Waals surface area contributed by atoms with Gasteiger partial charge in [-0.1, -0.05) is 22.0 Å². The first-order valence-corrected chi connectivity index (χ1v) is 7.34. The van der Waals surface area contributed by atoms with E-state index in [1.54, 1.807) is 0 Å². The standard InChI is InChI=1S/C16H16BrF2NO/c1-10(20-2)14-5-3-12(17)8-16(14)21-9-11-7-13(18)4-6-15(11)19/h3-8,10,20H,9H2,1-2H3. The second-order valence-corrected chi connectivity index (χ2v) is 5.63. The average molecular weight is 356 g/mol. The Morgan fingerprint density at radius 2 is 1.95 bits per heavy atom. The molecule has 0 aromatic heterocycles. The van der Waals surface area contributed by atoms with Crippen LogP contribution in [0.1, 0.15) is 24.1 Å². The first-order chi connectivity index (χ1) is 10.0. The number of ether oxygens (including phenoxy) is 1. The number of benzene rings is 2. The Balaban J connectivity index is 2.23. The Bertz CT molecular complexity index is 634. The molecule has 0 spiro atoms. The van der Waals surface area contributed by atoms with Crippen molar-refractivity contribution in [3.05, 3.63) is 63.6 Å². The molecule has 1 N–H and O–H groups in total. The smallest absolute Gasteiger partial charge is 0.130 e. The molecule has 0 radical (unpaired) electrons. The highest BCUT2D eigenvalue weighted by Crippen LogP contribution is 2.29. The third kappa shape index (κ3) is 4.02. The van der Waals surface area contributed by atoms with Crippen LogP contribution in [0.15, 0.2) is 40.9 Å². The quantitative estimate of drug-likeness (QED) is 0.846. The van der Waals surface area contributed by atoms with Crippen molar-refractivity contribution < 1.29 is 13.5 Å². The minimum Gasteiger partial charge on any atom is -0.488 e. The fourth-order valence-corrected chi connectivity index (χ4v) is 2.30. The van der Waals surface area contributed by atoms with Gasteiger partial charge >= 0.3 is 0 Å². The molecule has 0 saturated carbocycles. The molecule has 0 bridgehead atoms. The Labute approximate surface area is 131 Å². The topological polar surface area (TPSA) is 21.3 Å². The highest BCUT2D eigenvalue weighted by atomic mass is 79.9.